The molecule has 1 aliphatic carbocycles. The van der Waals surface area contributed by atoms with Crippen LogP contribution in [0.15, 0.2) is 24.3 Å². The molecule has 1 heterocycles. The fourth-order valence-electron chi connectivity index (χ4n) is 2.71. The number of hydrogen-bond acceptors (Lipinski definition) is 2. The van der Waals surface area contributed by atoms with E-state index in [9.17, 15) is 4.79 Å². The number of ether oxygens (including phenoxy) is 1. The molecule has 1 amide bonds. The number of nitrogens with one attached hydrogen (secondary N) is 1. The Morgan fingerprint density at radius 2 is 2.19 bits per heavy atom. The third kappa shape index (κ3) is 1.61. The lowest BCUT2D eigenvalue weighted by Gasteiger charge is -2.16. The summed E-state index contributed by atoms with van der Waals surface area (Å²) in [7, 11) is 0. The molecule has 1 saturated heterocycles. The molecule has 2 aliphatic rings. The van der Waals surface area contributed by atoms with Gasteiger partial charge < -0.3 is 10.1 Å². The number of rotatable bonds is 2. The monoisotopic (exact) mass is 217 g/mol. The molecule has 3 nitrogen and oxygen atoms in total. The Morgan fingerprint density at radius 1 is 1.38 bits per heavy atom. The molecule has 3 atom stereocenters. The predicted octanol–water partition coefficient (Wildman–Crippen LogP) is 2.29. The van der Waals surface area contributed by atoms with Crippen molar-refractivity contribution in [3.8, 4) is 0 Å². The van der Waals surface area contributed by atoms with Gasteiger partial charge in [-0.25, -0.2) is 0 Å². The number of benzene rings is 1. The van der Waals surface area contributed by atoms with Crippen molar-refractivity contribution in [1.82, 2.24) is 0 Å². The van der Waals surface area contributed by atoms with Gasteiger partial charge in [0.1, 0.15) is 0 Å². The molecule has 1 saturated carbocycles. The van der Waals surface area contributed by atoms with Crippen molar-refractivity contribution >= 4 is 11.6 Å². The second-order valence-corrected chi connectivity index (χ2v) is 4.59. The van der Waals surface area contributed by atoms with Crippen LogP contribution in [0.1, 0.15) is 31.2 Å². The lowest BCUT2D eigenvalue weighted by Crippen LogP contribution is -2.11. The minimum absolute atomic E-state index is 0.0151. The highest BCUT2D eigenvalue weighted by Gasteiger charge is 2.51. The average molecular weight is 217 g/mol. The largest absolute Gasteiger partial charge is 0.369 e. The molecular weight excluding hydrogens is 202 g/mol. The molecule has 3 rings (SSSR count). The molecule has 0 unspecified atom stereocenters. The zero-order chi connectivity index (χ0) is 11.1. The van der Waals surface area contributed by atoms with Crippen molar-refractivity contribution in [2.45, 2.75) is 37.9 Å². The molecule has 1 N–H and O–H groups in total. The highest BCUT2D eigenvalue weighted by Crippen LogP contribution is 2.49. The third-order valence-electron chi connectivity index (χ3n) is 3.45. The summed E-state index contributed by atoms with van der Waals surface area (Å²) >= 11 is 0. The van der Waals surface area contributed by atoms with Crippen LogP contribution in [0.2, 0.25) is 0 Å². The first-order valence-electron chi connectivity index (χ1n) is 5.77. The second kappa shape index (κ2) is 3.59. The van der Waals surface area contributed by atoms with Crippen LogP contribution in [0.4, 0.5) is 5.69 Å². The van der Waals surface area contributed by atoms with E-state index in [2.05, 4.69) is 11.4 Å². The minimum atomic E-state index is -0.0151. The number of anilines is 1. The summed E-state index contributed by atoms with van der Waals surface area (Å²) in [6.45, 7) is 1.54. The molecule has 3 heteroatoms. The van der Waals surface area contributed by atoms with Crippen LogP contribution in [-0.2, 0) is 9.53 Å². The molecule has 84 valence electrons. The summed E-state index contributed by atoms with van der Waals surface area (Å²) in [5, 5.41) is 2.89. The summed E-state index contributed by atoms with van der Waals surface area (Å²) in [6.07, 6.45) is 3.21. The first kappa shape index (κ1) is 9.85. The minimum Gasteiger partial charge on any atom is -0.369 e. The maximum Gasteiger partial charge on any atom is 0.221 e. The lowest BCUT2D eigenvalue weighted by molar-refractivity contribution is -0.114. The van der Waals surface area contributed by atoms with Gasteiger partial charge in [-0.15, -0.1) is 0 Å². The Morgan fingerprint density at radius 3 is 2.81 bits per heavy atom. The molecule has 0 bridgehead atoms. The van der Waals surface area contributed by atoms with Crippen molar-refractivity contribution in [2.24, 2.45) is 0 Å². The number of epoxide rings is 1. The highest BCUT2D eigenvalue weighted by atomic mass is 16.6. The number of carbonyl (C=O) groups excluding carboxylic acids is 1. The third-order valence-corrected chi connectivity index (χ3v) is 3.45. The molecule has 16 heavy (non-hydrogen) atoms. The summed E-state index contributed by atoms with van der Waals surface area (Å²) < 4.78 is 5.57. The van der Waals surface area contributed by atoms with Gasteiger partial charge >= 0.3 is 0 Å². The summed E-state index contributed by atoms with van der Waals surface area (Å²) in [5.74, 6) is 0.451. The van der Waals surface area contributed by atoms with Gasteiger partial charge in [-0.2, -0.15) is 0 Å². The van der Waals surface area contributed by atoms with Gasteiger partial charge in [-0.05, 0) is 24.5 Å². The van der Waals surface area contributed by atoms with E-state index >= 15 is 0 Å². The standard InChI is InChI=1S/C13H15NO2/c1-8(15)14-11-5-3-2-4-9(11)10-6-7-12-13(10)16-12/h2-5,10,12-13H,6-7H2,1H3,(H,14,15)/t10-,12+,13-/m0/s1. The normalized spacial score (nSPS) is 30.9. The van der Waals surface area contributed by atoms with Crippen LogP contribution in [0.25, 0.3) is 0 Å². The van der Waals surface area contributed by atoms with E-state index in [0.29, 0.717) is 18.1 Å². The van der Waals surface area contributed by atoms with Crippen molar-refractivity contribution in [2.75, 3.05) is 5.32 Å². The number of para-hydroxylation sites is 1. The molecule has 2 fully saturated rings. The van der Waals surface area contributed by atoms with Crippen LogP contribution in [-0.4, -0.2) is 18.1 Å². The van der Waals surface area contributed by atoms with Crippen LogP contribution in [0, 0.1) is 0 Å². The smallest absolute Gasteiger partial charge is 0.221 e. The maximum absolute atomic E-state index is 11.1. The highest BCUT2D eigenvalue weighted by molar-refractivity contribution is 5.89. The van der Waals surface area contributed by atoms with Gasteiger partial charge in [0.25, 0.3) is 0 Å². The second-order valence-electron chi connectivity index (χ2n) is 4.59. The Kier molecular flexibility index (Phi) is 2.21. The van der Waals surface area contributed by atoms with Crippen molar-refractivity contribution in [3.63, 3.8) is 0 Å². The Labute approximate surface area is 94.8 Å². The van der Waals surface area contributed by atoms with Crippen molar-refractivity contribution in [3.05, 3.63) is 29.8 Å². The number of amides is 1. The van der Waals surface area contributed by atoms with E-state index in [1.165, 1.54) is 12.0 Å². The first-order valence-corrected chi connectivity index (χ1v) is 5.77. The summed E-state index contributed by atoms with van der Waals surface area (Å²) in [4.78, 5) is 11.1. The molecular formula is C13H15NO2. The first-order chi connectivity index (χ1) is 7.75. The van der Waals surface area contributed by atoms with E-state index in [0.717, 1.165) is 12.1 Å². The average Bonchev–Trinajstić information content (AvgIpc) is 2.91. The van der Waals surface area contributed by atoms with E-state index in [1.807, 2.05) is 18.2 Å². The molecule has 0 radical (unpaired) electrons. The SMILES string of the molecule is CC(=O)Nc1ccccc1[C@@H]1CC[C@H]2O[C@H]21. The molecule has 1 aromatic carbocycles. The number of fused-ring (bicyclic) bond motifs is 1. The van der Waals surface area contributed by atoms with Gasteiger partial charge in [0, 0.05) is 18.5 Å². The van der Waals surface area contributed by atoms with Gasteiger partial charge in [-0.1, -0.05) is 18.2 Å². The van der Waals surface area contributed by atoms with E-state index in [4.69, 9.17) is 4.74 Å². The van der Waals surface area contributed by atoms with E-state index in [-0.39, 0.29) is 5.91 Å². The Bertz CT molecular complexity index is 430. The zero-order valence-corrected chi connectivity index (χ0v) is 9.27. The molecule has 0 spiro atoms. The van der Waals surface area contributed by atoms with Crippen molar-refractivity contribution in [1.29, 1.82) is 0 Å². The molecule has 0 aromatic heterocycles. The van der Waals surface area contributed by atoms with Gasteiger partial charge in [0.15, 0.2) is 0 Å². The number of carbonyl (C=O) groups is 1. The van der Waals surface area contributed by atoms with Crippen LogP contribution >= 0.6 is 0 Å². The van der Waals surface area contributed by atoms with Crippen LogP contribution in [0.3, 0.4) is 0 Å². The van der Waals surface area contributed by atoms with Crippen LogP contribution < -0.4 is 5.32 Å². The Balaban J connectivity index is 1.90. The van der Waals surface area contributed by atoms with E-state index in [1.54, 1.807) is 6.92 Å². The zero-order valence-electron chi connectivity index (χ0n) is 9.27. The fraction of sp³-hybridized carbons (Fsp3) is 0.462. The molecule has 1 aliphatic heterocycles. The lowest BCUT2D eigenvalue weighted by atomic mass is 9.95. The quantitative estimate of drug-likeness (QED) is 0.772. The van der Waals surface area contributed by atoms with Gasteiger partial charge in [0.2, 0.25) is 5.91 Å². The predicted molar refractivity (Wildman–Crippen MR) is 61.4 cm³/mol. The Hall–Kier alpha value is -1.35. The number of hydrogen-bond donors (Lipinski definition) is 1. The van der Waals surface area contributed by atoms with E-state index < -0.39 is 0 Å². The van der Waals surface area contributed by atoms with Crippen LogP contribution in [0.5, 0.6) is 0 Å². The topological polar surface area (TPSA) is 41.6 Å². The summed E-state index contributed by atoms with van der Waals surface area (Å²) in [5.41, 5.74) is 2.17. The van der Waals surface area contributed by atoms with Crippen molar-refractivity contribution < 1.29 is 9.53 Å². The maximum atomic E-state index is 11.1. The van der Waals surface area contributed by atoms with Gasteiger partial charge in [-0.3, -0.25) is 4.79 Å². The fourth-order valence-corrected chi connectivity index (χ4v) is 2.71. The molecule has 1 aromatic rings. The van der Waals surface area contributed by atoms with Gasteiger partial charge in [0.05, 0.1) is 12.2 Å². The summed E-state index contributed by atoms with van der Waals surface area (Å²) in [6, 6.07) is 8.04.